The predicted molar refractivity (Wildman–Crippen MR) is 70.3 cm³/mol. The molecule has 1 aromatic heterocycles. The number of hydrogen-bond donors (Lipinski definition) is 0. The molecule has 2 heterocycles. The second-order valence-electron chi connectivity index (χ2n) is 4.60. The van der Waals surface area contributed by atoms with Crippen LogP contribution in [-0.2, 0) is 0 Å². The van der Waals surface area contributed by atoms with Crippen molar-refractivity contribution in [3.63, 3.8) is 0 Å². The van der Waals surface area contributed by atoms with Gasteiger partial charge < -0.3 is 19.8 Å². The maximum Gasteiger partial charge on any atom is 0.363 e. The van der Waals surface area contributed by atoms with Crippen LogP contribution in [0.2, 0.25) is 0 Å². The predicted octanol–water partition coefficient (Wildman–Crippen LogP) is 0.616. The number of ether oxygens (including phenoxy) is 1. The Morgan fingerprint density at radius 2 is 2.11 bits per heavy atom. The standard InChI is InChI=1S/C12H18N4O3/c1-14-4-6-15(7-5-14)8-9-19-11-2-3-12(13-10-11)16(17)18/h2-3,10H,4-9H2,1H3. The summed E-state index contributed by atoms with van der Waals surface area (Å²) in [6, 6.07) is 2.93. The van der Waals surface area contributed by atoms with Crippen LogP contribution in [0.25, 0.3) is 0 Å². The summed E-state index contributed by atoms with van der Waals surface area (Å²) in [7, 11) is 2.12. The lowest BCUT2D eigenvalue weighted by atomic mass is 10.3. The van der Waals surface area contributed by atoms with Crippen LogP contribution in [0.4, 0.5) is 5.82 Å². The third-order valence-electron chi connectivity index (χ3n) is 3.18. The first kappa shape index (κ1) is 13.7. The lowest BCUT2D eigenvalue weighted by Gasteiger charge is -2.32. The Bertz CT molecular complexity index is 415. The molecule has 1 saturated heterocycles. The molecule has 0 aliphatic carbocycles. The molecule has 1 aliphatic rings. The lowest BCUT2D eigenvalue weighted by Crippen LogP contribution is -2.45. The number of pyridine rings is 1. The molecule has 1 fully saturated rings. The van der Waals surface area contributed by atoms with Crippen LogP contribution in [0.15, 0.2) is 18.3 Å². The number of aromatic nitrogens is 1. The lowest BCUT2D eigenvalue weighted by molar-refractivity contribution is -0.389. The van der Waals surface area contributed by atoms with Crippen molar-refractivity contribution in [1.29, 1.82) is 0 Å². The fraction of sp³-hybridized carbons (Fsp3) is 0.583. The Kier molecular flexibility index (Phi) is 4.64. The molecule has 0 spiro atoms. The first-order valence-corrected chi connectivity index (χ1v) is 6.29. The SMILES string of the molecule is CN1CCN(CCOc2ccc([N+](=O)[O-])nc2)CC1. The van der Waals surface area contributed by atoms with Crippen LogP contribution in [0, 0.1) is 10.1 Å². The summed E-state index contributed by atoms with van der Waals surface area (Å²) >= 11 is 0. The molecule has 0 unspecified atom stereocenters. The van der Waals surface area contributed by atoms with Crippen molar-refractivity contribution in [2.24, 2.45) is 0 Å². The topological polar surface area (TPSA) is 71.7 Å². The zero-order valence-electron chi connectivity index (χ0n) is 11.0. The molecular weight excluding hydrogens is 248 g/mol. The third-order valence-corrected chi connectivity index (χ3v) is 3.18. The highest BCUT2D eigenvalue weighted by Gasteiger charge is 2.13. The van der Waals surface area contributed by atoms with Crippen LogP contribution in [0.1, 0.15) is 0 Å². The van der Waals surface area contributed by atoms with E-state index < -0.39 is 4.92 Å². The number of nitrogens with zero attached hydrogens (tertiary/aromatic N) is 4. The van der Waals surface area contributed by atoms with Gasteiger partial charge in [-0.15, -0.1) is 0 Å². The van der Waals surface area contributed by atoms with Gasteiger partial charge in [-0.2, -0.15) is 0 Å². The van der Waals surface area contributed by atoms with Gasteiger partial charge in [-0.3, -0.25) is 4.90 Å². The van der Waals surface area contributed by atoms with Crippen molar-refractivity contribution >= 4 is 5.82 Å². The largest absolute Gasteiger partial charge is 0.488 e. The molecule has 7 heteroatoms. The van der Waals surface area contributed by atoms with Gasteiger partial charge in [0, 0.05) is 38.8 Å². The number of piperazine rings is 1. The summed E-state index contributed by atoms with van der Waals surface area (Å²) < 4.78 is 5.53. The highest BCUT2D eigenvalue weighted by molar-refractivity contribution is 5.26. The molecule has 0 amide bonds. The van der Waals surface area contributed by atoms with E-state index in [1.807, 2.05) is 0 Å². The fourth-order valence-electron chi connectivity index (χ4n) is 1.93. The van der Waals surface area contributed by atoms with E-state index in [0.29, 0.717) is 12.4 Å². The molecule has 0 saturated carbocycles. The molecule has 1 aromatic rings. The molecule has 104 valence electrons. The van der Waals surface area contributed by atoms with Crippen LogP contribution in [0.5, 0.6) is 5.75 Å². The molecule has 0 atom stereocenters. The maximum absolute atomic E-state index is 10.5. The van der Waals surface area contributed by atoms with Gasteiger partial charge in [-0.05, 0) is 23.0 Å². The van der Waals surface area contributed by atoms with E-state index in [2.05, 4.69) is 21.8 Å². The van der Waals surface area contributed by atoms with Crippen molar-refractivity contribution in [2.75, 3.05) is 46.4 Å². The minimum Gasteiger partial charge on any atom is -0.488 e. The molecule has 0 radical (unpaired) electrons. The highest BCUT2D eigenvalue weighted by atomic mass is 16.6. The Labute approximate surface area is 111 Å². The first-order chi connectivity index (χ1) is 9.15. The van der Waals surface area contributed by atoms with Crippen LogP contribution >= 0.6 is 0 Å². The van der Waals surface area contributed by atoms with Crippen LogP contribution < -0.4 is 4.74 Å². The number of likely N-dealkylation sites (N-methyl/N-ethyl adjacent to an activating group) is 1. The zero-order chi connectivity index (χ0) is 13.7. The second kappa shape index (κ2) is 6.44. The Morgan fingerprint density at radius 3 is 2.68 bits per heavy atom. The van der Waals surface area contributed by atoms with Crippen LogP contribution in [0.3, 0.4) is 0 Å². The Hall–Kier alpha value is -1.73. The van der Waals surface area contributed by atoms with Gasteiger partial charge in [0.05, 0.1) is 0 Å². The summed E-state index contributed by atoms with van der Waals surface area (Å²) in [5.41, 5.74) is 0. The van der Waals surface area contributed by atoms with Crippen molar-refractivity contribution < 1.29 is 9.66 Å². The molecule has 0 N–H and O–H groups in total. The summed E-state index contributed by atoms with van der Waals surface area (Å²) in [6.07, 6.45) is 1.39. The minimum atomic E-state index is -0.520. The number of hydrogen-bond acceptors (Lipinski definition) is 6. The van der Waals surface area contributed by atoms with E-state index >= 15 is 0 Å². The Balaban J connectivity index is 1.72. The molecule has 2 rings (SSSR count). The fourth-order valence-corrected chi connectivity index (χ4v) is 1.93. The molecule has 19 heavy (non-hydrogen) atoms. The van der Waals surface area contributed by atoms with E-state index in [1.54, 1.807) is 6.07 Å². The molecular formula is C12H18N4O3. The summed E-state index contributed by atoms with van der Waals surface area (Å²) in [5.74, 6) is 0.408. The van der Waals surface area contributed by atoms with E-state index in [9.17, 15) is 10.1 Å². The average Bonchev–Trinajstić information content (AvgIpc) is 2.41. The smallest absolute Gasteiger partial charge is 0.363 e. The molecule has 0 aromatic carbocycles. The van der Waals surface area contributed by atoms with Crippen molar-refractivity contribution in [1.82, 2.24) is 14.8 Å². The van der Waals surface area contributed by atoms with Crippen molar-refractivity contribution in [2.45, 2.75) is 0 Å². The Morgan fingerprint density at radius 1 is 1.37 bits per heavy atom. The van der Waals surface area contributed by atoms with E-state index in [4.69, 9.17) is 4.74 Å². The van der Waals surface area contributed by atoms with E-state index in [-0.39, 0.29) is 5.82 Å². The van der Waals surface area contributed by atoms with Gasteiger partial charge in [0.1, 0.15) is 6.61 Å². The van der Waals surface area contributed by atoms with E-state index in [0.717, 1.165) is 32.7 Å². The van der Waals surface area contributed by atoms with Gasteiger partial charge in [-0.1, -0.05) is 0 Å². The number of rotatable bonds is 5. The minimum absolute atomic E-state index is 0.161. The molecule has 7 nitrogen and oxygen atoms in total. The van der Waals surface area contributed by atoms with E-state index in [1.165, 1.54) is 12.3 Å². The quantitative estimate of drug-likeness (QED) is 0.574. The van der Waals surface area contributed by atoms with Crippen LogP contribution in [-0.4, -0.2) is 66.1 Å². The number of nitro groups is 1. The summed E-state index contributed by atoms with van der Waals surface area (Å²) in [5, 5.41) is 10.5. The van der Waals surface area contributed by atoms with Gasteiger partial charge in [0.2, 0.25) is 0 Å². The molecule has 1 aliphatic heterocycles. The first-order valence-electron chi connectivity index (χ1n) is 6.29. The second-order valence-corrected chi connectivity index (χ2v) is 4.60. The zero-order valence-corrected chi connectivity index (χ0v) is 11.0. The normalized spacial score (nSPS) is 17.3. The van der Waals surface area contributed by atoms with Gasteiger partial charge in [-0.25, -0.2) is 0 Å². The summed E-state index contributed by atoms with van der Waals surface area (Å²) in [4.78, 5) is 18.3. The average molecular weight is 266 g/mol. The molecule has 0 bridgehead atoms. The maximum atomic E-state index is 10.5. The summed E-state index contributed by atoms with van der Waals surface area (Å²) in [6.45, 7) is 5.71. The van der Waals surface area contributed by atoms with Crippen molar-refractivity contribution in [3.05, 3.63) is 28.4 Å². The monoisotopic (exact) mass is 266 g/mol. The van der Waals surface area contributed by atoms with Gasteiger partial charge >= 0.3 is 5.82 Å². The van der Waals surface area contributed by atoms with Crippen molar-refractivity contribution in [3.8, 4) is 5.75 Å². The third kappa shape index (κ3) is 4.15. The van der Waals surface area contributed by atoms with Gasteiger partial charge in [0.25, 0.3) is 0 Å². The van der Waals surface area contributed by atoms with Gasteiger partial charge in [0.15, 0.2) is 11.9 Å². The highest BCUT2D eigenvalue weighted by Crippen LogP contribution is 2.13.